The number of nitrogens with one attached hydrogen (secondary N) is 1. The summed E-state index contributed by atoms with van der Waals surface area (Å²) in [6, 6.07) is 13.6. The van der Waals surface area contributed by atoms with Crippen molar-refractivity contribution in [1.29, 1.82) is 0 Å². The summed E-state index contributed by atoms with van der Waals surface area (Å²) in [6.45, 7) is 2.32. The number of para-hydroxylation sites is 1. The second-order valence-electron chi connectivity index (χ2n) is 5.87. The van der Waals surface area contributed by atoms with Gasteiger partial charge in [0.2, 0.25) is 5.91 Å². The smallest absolute Gasteiger partial charge is 0.337 e. The number of carbonyl (C=O) groups excluding carboxylic acids is 2. The Kier molecular flexibility index (Phi) is 6.10. The van der Waals surface area contributed by atoms with Gasteiger partial charge in [0.05, 0.1) is 29.3 Å². The monoisotopic (exact) mass is 397 g/mol. The summed E-state index contributed by atoms with van der Waals surface area (Å²) >= 11 is 1.19. The number of ether oxygens (including phenoxy) is 1. The maximum Gasteiger partial charge on any atom is 0.337 e. The van der Waals surface area contributed by atoms with Gasteiger partial charge >= 0.3 is 5.97 Å². The largest absolute Gasteiger partial charge is 0.465 e. The lowest BCUT2D eigenvalue weighted by Gasteiger charge is -2.11. The molecule has 1 N–H and O–H groups in total. The Balaban J connectivity index is 1.75. The molecule has 1 aromatic heterocycles. The Labute approximate surface area is 165 Å². The molecule has 2 aromatic carbocycles. The molecule has 3 rings (SSSR count). The number of fused-ring (bicyclic) bond motifs is 1. The zero-order valence-corrected chi connectivity index (χ0v) is 16.3. The van der Waals surface area contributed by atoms with E-state index in [1.807, 2.05) is 13.0 Å². The van der Waals surface area contributed by atoms with Crippen molar-refractivity contribution in [1.82, 2.24) is 9.55 Å². The van der Waals surface area contributed by atoms with E-state index in [1.54, 1.807) is 47.0 Å². The van der Waals surface area contributed by atoms with Crippen molar-refractivity contribution in [3.8, 4) is 0 Å². The van der Waals surface area contributed by atoms with Crippen LogP contribution in [-0.4, -0.2) is 34.3 Å². The van der Waals surface area contributed by atoms with Crippen molar-refractivity contribution in [3.05, 3.63) is 64.4 Å². The number of hydrogen-bond donors (Lipinski definition) is 1. The van der Waals surface area contributed by atoms with Crippen LogP contribution >= 0.6 is 11.8 Å². The number of anilines is 1. The summed E-state index contributed by atoms with van der Waals surface area (Å²) < 4.78 is 6.23. The first-order valence-electron chi connectivity index (χ1n) is 8.64. The van der Waals surface area contributed by atoms with Crippen LogP contribution in [0.4, 0.5) is 5.69 Å². The number of esters is 1. The van der Waals surface area contributed by atoms with Crippen molar-refractivity contribution in [2.45, 2.75) is 18.6 Å². The first-order chi connectivity index (χ1) is 13.5. The van der Waals surface area contributed by atoms with E-state index in [0.717, 1.165) is 0 Å². The molecule has 0 aliphatic carbocycles. The highest BCUT2D eigenvalue weighted by Crippen LogP contribution is 2.19. The Hall–Kier alpha value is -3.13. The first-order valence-corrected chi connectivity index (χ1v) is 9.62. The average molecular weight is 397 g/mol. The van der Waals surface area contributed by atoms with Crippen molar-refractivity contribution in [2.75, 3.05) is 18.2 Å². The number of benzene rings is 2. The second kappa shape index (κ2) is 8.71. The molecule has 0 radical (unpaired) electrons. The fourth-order valence-electron chi connectivity index (χ4n) is 2.71. The van der Waals surface area contributed by atoms with Gasteiger partial charge in [0.25, 0.3) is 5.56 Å². The summed E-state index contributed by atoms with van der Waals surface area (Å²) in [6.07, 6.45) is 0. The SMILES string of the molecule is CCn1c(SCC(=O)Nc2cccc(C(=O)OC)c2)nc2ccccc2c1=O. The molecule has 0 atom stereocenters. The molecule has 0 fully saturated rings. The van der Waals surface area contributed by atoms with Crippen molar-refractivity contribution >= 4 is 40.2 Å². The maximum absolute atomic E-state index is 12.6. The van der Waals surface area contributed by atoms with E-state index < -0.39 is 5.97 Å². The zero-order chi connectivity index (χ0) is 20.1. The van der Waals surface area contributed by atoms with E-state index >= 15 is 0 Å². The molecule has 7 nitrogen and oxygen atoms in total. The molecule has 28 heavy (non-hydrogen) atoms. The first kappa shape index (κ1) is 19.6. The van der Waals surface area contributed by atoms with Crippen LogP contribution in [0, 0.1) is 0 Å². The Bertz CT molecular complexity index is 1090. The zero-order valence-electron chi connectivity index (χ0n) is 15.5. The number of amides is 1. The summed E-state index contributed by atoms with van der Waals surface area (Å²) in [4.78, 5) is 41.0. The van der Waals surface area contributed by atoms with Gasteiger partial charge in [0.1, 0.15) is 0 Å². The van der Waals surface area contributed by atoms with Crippen LogP contribution in [0.25, 0.3) is 10.9 Å². The lowest BCUT2D eigenvalue weighted by molar-refractivity contribution is -0.113. The van der Waals surface area contributed by atoms with Gasteiger partial charge in [0.15, 0.2) is 5.16 Å². The molecule has 3 aromatic rings. The molecule has 0 bridgehead atoms. The molecule has 1 heterocycles. The van der Waals surface area contributed by atoms with E-state index in [1.165, 1.54) is 18.9 Å². The fourth-order valence-corrected chi connectivity index (χ4v) is 3.57. The summed E-state index contributed by atoms with van der Waals surface area (Å²) in [5.74, 6) is -0.664. The standard InChI is InChI=1S/C20H19N3O4S/c1-3-23-18(25)15-9-4-5-10-16(15)22-20(23)28-12-17(24)21-14-8-6-7-13(11-14)19(26)27-2/h4-11H,3,12H2,1-2H3,(H,21,24). The van der Waals surface area contributed by atoms with Gasteiger partial charge in [-0.05, 0) is 37.3 Å². The van der Waals surface area contributed by atoms with Crippen LogP contribution in [0.2, 0.25) is 0 Å². The number of aromatic nitrogens is 2. The van der Waals surface area contributed by atoms with E-state index in [0.29, 0.717) is 33.9 Å². The van der Waals surface area contributed by atoms with Gasteiger partial charge in [-0.25, -0.2) is 9.78 Å². The van der Waals surface area contributed by atoms with Crippen molar-refractivity contribution < 1.29 is 14.3 Å². The van der Waals surface area contributed by atoms with Crippen molar-refractivity contribution in [2.24, 2.45) is 0 Å². The molecule has 0 aliphatic heterocycles. The lowest BCUT2D eigenvalue weighted by Crippen LogP contribution is -2.23. The second-order valence-corrected chi connectivity index (χ2v) is 6.81. The van der Waals surface area contributed by atoms with Gasteiger partial charge in [-0.2, -0.15) is 0 Å². The molecule has 0 saturated heterocycles. The molecule has 8 heteroatoms. The van der Waals surface area contributed by atoms with Crippen LogP contribution in [0.15, 0.2) is 58.5 Å². The molecule has 144 valence electrons. The fraction of sp³-hybridized carbons (Fsp3) is 0.200. The molecule has 0 aliphatic rings. The Morgan fingerprint density at radius 1 is 1.18 bits per heavy atom. The van der Waals surface area contributed by atoms with E-state index in [9.17, 15) is 14.4 Å². The Morgan fingerprint density at radius 3 is 2.71 bits per heavy atom. The number of nitrogens with zero attached hydrogens (tertiary/aromatic N) is 2. The van der Waals surface area contributed by atoms with E-state index in [2.05, 4.69) is 15.0 Å². The van der Waals surface area contributed by atoms with E-state index in [-0.39, 0.29) is 17.2 Å². The van der Waals surface area contributed by atoms with Gasteiger partial charge in [-0.15, -0.1) is 0 Å². The third kappa shape index (κ3) is 4.23. The minimum Gasteiger partial charge on any atom is -0.465 e. The number of hydrogen-bond acceptors (Lipinski definition) is 6. The van der Waals surface area contributed by atoms with Gasteiger partial charge in [-0.1, -0.05) is 30.0 Å². The van der Waals surface area contributed by atoms with Gasteiger partial charge in [-0.3, -0.25) is 14.2 Å². The highest BCUT2D eigenvalue weighted by Gasteiger charge is 2.13. The van der Waals surface area contributed by atoms with E-state index in [4.69, 9.17) is 0 Å². The van der Waals surface area contributed by atoms with Crippen LogP contribution in [-0.2, 0) is 16.1 Å². The number of carbonyl (C=O) groups is 2. The number of rotatable bonds is 6. The molecular weight excluding hydrogens is 378 g/mol. The minimum atomic E-state index is -0.474. The topological polar surface area (TPSA) is 90.3 Å². The number of methoxy groups -OCH3 is 1. The third-order valence-electron chi connectivity index (χ3n) is 4.04. The maximum atomic E-state index is 12.6. The van der Waals surface area contributed by atoms with Crippen LogP contribution in [0.5, 0.6) is 0 Å². The van der Waals surface area contributed by atoms with Crippen LogP contribution in [0.3, 0.4) is 0 Å². The van der Waals surface area contributed by atoms with Gasteiger partial charge in [0, 0.05) is 12.2 Å². The highest BCUT2D eigenvalue weighted by molar-refractivity contribution is 7.99. The molecule has 1 amide bonds. The predicted octanol–water partition coefficient (Wildman–Crippen LogP) is 2.93. The lowest BCUT2D eigenvalue weighted by atomic mass is 10.2. The molecular formula is C20H19N3O4S. The third-order valence-corrected chi connectivity index (χ3v) is 5.02. The normalized spacial score (nSPS) is 10.6. The number of thioether (sulfide) groups is 1. The summed E-state index contributed by atoms with van der Waals surface area (Å²) in [5, 5.41) is 3.78. The quantitative estimate of drug-likeness (QED) is 0.391. The van der Waals surface area contributed by atoms with Crippen molar-refractivity contribution in [3.63, 3.8) is 0 Å². The molecule has 0 saturated carbocycles. The minimum absolute atomic E-state index is 0.0766. The summed E-state index contributed by atoms with van der Waals surface area (Å²) in [5.41, 5.74) is 1.32. The van der Waals surface area contributed by atoms with Gasteiger partial charge < -0.3 is 10.1 Å². The van der Waals surface area contributed by atoms with Crippen LogP contribution in [0.1, 0.15) is 17.3 Å². The summed E-state index contributed by atoms with van der Waals surface area (Å²) in [7, 11) is 1.30. The Morgan fingerprint density at radius 2 is 1.96 bits per heavy atom. The molecule has 0 spiro atoms. The average Bonchev–Trinajstić information content (AvgIpc) is 2.72. The van der Waals surface area contributed by atoms with Crippen LogP contribution < -0.4 is 10.9 Å². The molecule has 0 unspecified atom stereocenters. The highest BCUT2D eigenvalue weighted by atomic mass is 32.2. The predicted molar refractivity (Wildman–Crippen MR) is 109 cm³/mol.